The number of hydrogen-bond acceptors (Lipinski definition) is 4. The van der Waals surface area contributed by atoms with Gasteiger partial charge in [0.25, 0.3) is 0 Å². The highest BCUT2D eigenvalue weighted by Gasteiger charge is 2.33. The Kier molecular flexibility index (Phi) is 4.98. The second kappa shape index (κ2) is 6.56. The van der Waals surface area contributed by atoms with E-state index in [2.05, 4.69) is 10.1 Å². The maximum absolute atomic E-state index is 9.88. The van der Waals surface area contributed by atoms with Crippen LogP contribution in [-0.4, -0.2) is 38.2 Å². The van der Waals surface area contributed by atoms with Crippen molar-refractivity contribution in [1.82, 2.24) is 14.8 Å². The predicted octanol–water partition coefficient (Wildman–Crippen LogP) is 1.98. The summed E-state index contributed by atoms with van der Waals surface area (Å²) in [5, 5.41) is 24.6. The number of aromatic nitrogens is 3. The van der Waals surface area contributed by atoms with Gasteiger partial charge in [-0.15, -0.1) is 0 Å². The largest absolute Gasteiger partial charge is 0.395 e. The Labute approximate surface area is 129 Å². The van der Waals surface area contributed by atoms with Crippen LogP contribution in [0.25, 0.3) is 0 Å². The first-order chi connectivity index (χ1) is 10.0. The summed E-state index contributed by atoms with van der Waals surface area (Å²) in [4.78, 5) is 4.26. The van der Waals surface area contributed by atoms with Crippen molar-refractivity contribution in [2.75, 3.05) is 13.2 Å². The molecule has 0 amide bonds. The molecule has 2 N–H and O–H groups in total. The molecule has 6 heteroatoms. The van der Waals surface area contributed by atoms with E-state index in [9.17, 15) is 10.2 Å². The summed E-state index contributed by atoms with van der Waals surface area (Å²) in [5.41, 5.74) is 0.0276. The first-order valence-corrected chi connectivity index (χ1v) is 7.26. The van der Waals surface area contributed by atoms with Crippen LogP contribution >= 0.6 is 11.6 Å². The zero-order valence-electron chi connectivity index (χ0n) is 12.2. The predicted molar refractivity (Wildman–Crippen MR) is 81.4 cm³/mol. The molecule has 2 rings (SSSR count). The molecule has 0 fully saturated rings. The van der Waals surface area contributed by atoms with Gasteiger partial charge in [-0.2, -0.15) is 5.10 Å². The average Bonchev–Trinajstić information content (AvgIpc) is 2.94. The van der Waals surface area contributed by atoms with Crippen LogP contribution in [0.15, 0.2) is 30.6 Å². The number of benzene rings is 1. The molecule has 0 saturated heterocycles. The van der Waals surface area contributed by atoms with Gasteiger partial charge < -0.3 is 10.2 Å². The first kappa shape index (κ1) is 15.9. The average molecular weight is 310 g/mol. The summed E-state index contributed by atoms with van der Waals surface area (Å²) < 4.78 is 1.80. The van der Waals surface area contributed by atoms with Gasteiger partial charge in [0.05, 0.1) is 13.2 Å². The quantitative estimate of drug-likeness (QED) is 0.856. The normalized spacial score (nSPS) is 12.1. The van der Waals surface area contributed by atoms with Crippen LogP contribution in [0.5, 0.6) is 0 Å². The van der Waals surface area contributed by atoms with Crippen molar-refractivity contribution in [3.63, 3.8) is 0 Å². The number of aliphatic hydroxyl groups excluding tert-OH is 2. The summed E-state index contributed by atoms with van der Waals surface area (Å²) in [6, 6.07) is 7.33. The standard InChI is InChI=1S/C15H20ClN3O2/c1-11(2)19-14(17-10-18-19)7-15(8-20,9-21)12-3-5-13(16)6-4-12/h3-6,10-11,20-21H,7-9H2,1-2H3. The van der Waals surface area contributed by atoms with E-state index in [0.29, 0.717) is 11.4 Å². The number of aliphatic hydroxyl groups is 2. The molecule has 0 aliphatic rings. The van der Waals surface area contributed by atoms with Crippen LogP contribution in [0, 0.1) is 0 Å². The Morgan fingerprint density at radius 1 is 1.19 bits per heavy atom. The summed E-state index contributed by atoms with van der Waals surface area (Å²) in [6.07, 6.45) is 1.90. The highest BCUT2D eigenvalue weighted by molar-refractivity contribution is 6.30. The molecule has 0 spiro atoms. The molecule has 0 saturated carbocycles. The van der Waals surface area contributed by atoms with Crippen LogP contribution in [0.1, 0.15) is 31.3 Å². The van der Waals surface area contributed by atoms with Crippen molar-refractivity contribution in [2.24, 2.45) is 0 Å². The summed E-state index contributed by atoms with van der Waals surface area (Å²) in [6.45, 7) is 3.66. The van der Waals surface area contributed by atoms with E-state index in [1.165, 1.54) is 6.33 Å². The molecular formula is C15H20ClN3O2. The molecule has 0 bridgehead atoms. The lowest BCUT2D eigenvalue weighted by molar-refractivity contribution is 0.113. The Hall–Kier alpha value is -1.43. The van der Waals surface area contributed by atoms with E-state index in [-0.39, 0.29) is 19.3 Å². The van der Waals surface area contributed by atoms with Gasteiger partial charge in [-0.3, -0.25) is 0 Å². The minimum atomic E-state index is -0.801. The number of nitrogens with zero attached hydrogens (tertiary/aromatic N) is 3. The van der Waals surface area contributed by atoms with E-state index < -0.39 is 5.41 Å². The van der Waals surface area contributed by atoms with E-state index in [1.54, 1.807) is 16.8 Å². The van der Waals surface area contributed by atoms with Gasteiger partial charge in [-0.05, 0) is 31.5 Å². The zero-order chi connectivity index (χ0) is 15.5. The zero-order valence-corrected chi connectivity index (χ0v) is 13.0. The molecule has 0 aliphatic heterocycles. The highest BCUT2D eigenvalue weighted by atomic mass is 35.5. The fourth-order valence-electron chi connectivity index (χ4n) is 2.38. The van der Waals surface area contributed by atoms with Crippen LogP contribution in [0.3, 0.4) is 0 Å². The van der Waals surface area contributed by atoms with E-state index in [1.807, 2.05) is 26.0 Å². The van der Waals surface area contributed by atoms with Crippen LogP contribution < -0.4 is 0 Å². The fourth-order valence-corrected chi connectivity index (χ4v) is 2.51. The lowest BCUT2D eigenvalue weighted by atomic mass is 9.78. The van der Waals surface area contributed by atoms with Crippen LogP contribution in [0.4, 0.5) is 0 Å². The maximum Gasteiger partial charge on any atom is 0.138 e. The van der Waals surface area contributed by atoms with Gasteiger partial charge in [-0.25, -0.2) is 9.67 Å². The third-order valence-electron chi connectivity index (χ3n) is 3.69. The van der Waals surface area contributed by atoms with Crippen molar-refractivity contribution >= 4 is 11.6 Å². The Morgan fingerprint density at radius 2 is 1.81 bits per heavy atom. The Bertz CT molecular complexity index is 577. The molecule has 21 heavy (non-hydrogen) atoms. The van der Waals surface area contributed by atoms with Crippen molar-refractivity contribution in [3.8, 4) is 0 Å². The van der Waals surface area contributed by atoms with Gasteiger partial charge in [0.1, 0.15) is 12.2 Å². The maximum atomic E-state index is 9.88. The molecule has 0 atom stereocenters. The molecule has 1 aromatic heterocycles. The summed E-state index contributed by atoms with van der Waals surface area (Å²) >= 11 is 5.91. The number of rotatable bonds is 6. The van der Waals surface area contributed by atoms with Crippen LogP contribution in [0.2, 0.25) is 5.02 Å². The van der Waals surface area contributed by atoms with Gasteiger partial charge in [0.15, 0.2) is 0 Å². The summed E-state index contributed by atoms with van der Waals surface area (Å²) in [5.74, 6) is 0.739. The van der Waals surface area contributed by atoms with Crippen molar-refractivity contribution in [1.29, 1.82) is 0 Å². The molecule has 5 nitrogen and oxygen atoms in total. The van der Waals surface area contributed by atoms with E-state index >= 15 is 0 Å². The van der Waals surface area contributed by atoms with Crippen molar-refractivity contribution in [3.05, 3.63) is 47.0 Å². The van der Waals surface area contributed by atoms with Crippen molar-refractivity contribution < 1.29 is 10.2 Å². The number of halogens is 1. The monoisotopic (exact) mass is 309 g/mol. The second-order valence-corrected chi connectivity index (χ2v) is 5.93. The number of hydrogen-bond donors (Lipinski definition) is 2. The molecule has 0 radical (unpaired) electrons. The van der Waals surface area contributed by atoms with Crippen LogP contribution in [-0.2, 0) is 11.8 Å². The third kappa shape index (κ3) is 3.26. The first-order valence-electron chi connectivity index (χ1n) is 6.88. The highest BCUT2D eigenvalue weighted by Crippen LogP contribution is 2.29. The molecule has 114 valence electrons. The van der Waals surface area contributed by atoms with E-state index in [4.69, 9.17) is 11.6 Å². The Balaban J connectivity index is 2.38. The molecule has 2 aromatic rings. The molecule has 0 aliphatic carbocycles. The second-order valence-electron chi connectivity index (χ2n) is 5.49. The SMILES string of the molecule is CC(C)n1ncnc1CC(CO)(CO)c1ccc(Cl)cc1. The smallest absolute Gasteiger partial charge is 0.138 e. The van der Waals surface area contributed by atoms with Gasteiger partial charge in [0.2, 0.25) is 0 Å². The molecule has 0 unspecified atom stereocenters. The molecule has 1 heterocycles. The van der Waals surface area contributed by atoms with E-state index in [0.717, 1.165) is 11.4 Å². The molecular weight excluding hydrogens is 290 g/mol. The topological polar surface area (TPSA) is 71.2 Å². The lowest BCUT2D eigenvalue weighted by Crippen LogP contribution is -2.38. The van der Waals surface area contributed by atoms with Crippen molar-refractivity contribution in [2.45, 2.75) is 31.7 Å². The summed E-state index contributed by atoms with van der Waals surface area (Å²) in [7, 11) is 0. The third-order valence-corrected chi connectivity index (χ3v) is 3.95. The van der Waals surface area contributed by atoms with Gasteiger partial charge in [-0.1, -0.05) is 23.7 Å². The minimum absolute atomic E-state index is 0.169. The molecule has 1 aromatic carbocycles. The fraction of sp³-hybridized carbons (Fsp3) is 0.467. The Morgan fingerprint density at radius 3 is 2.33 bits per heavy atom. The van der Waals surface area contributed by atoms with Gasteiger partial charge >= 0.3 is 0 Å². The lowest BCUT2D eigenvalue weighted by Gasteiger charge is -2.30. The minimum Gasteiger partial charge on any atom is -0.395 e. The van der Waals surface area contributed by atoms with Gasteiger partial charge in [0, 0.05) is 22.9 Å².